The van der Waals surface area contributed by atoms with E-state index in [0.29, 0.717) is 0 Å². The number of hydrogen-bond acceptors (Lipinski definition) is 9. The molecule has 0 aliphatic carbocycles. The highest BCUT2D eigenvalue weighted by Crippen LogP contribution is 2.05. The van der Waals surface area contributed by atoms with Crippen LogP contribution in [0, 0.1) is 5.92 Å². The third-order valence-electron chi connectivity index (χ3n) is 5.29. The van der Waals surface area contributed by atoms with Gasteiger partial charge < -0.3 is 35.1 Å². The zero-order chi connectivity index (χ0) is 27.3. The fourth-order valence-electron chi connectivity index (χ4n) is 3.65. The molecule has 0 fully saturated rings. The Bertz CT molecular complexity index is 805. The Kier molecular flexibility index (Phi) is 13.3. The van der Waals surface area contributed by atoms with Gasteiger partial charge in [-0.1, -0.05) is 13.8 Å². The zero-order valence-electron chi connectivity index (χ0n) is 20.8. The van der Waals surface area contributed by atoms with Crippen LogP contribution in [0.3, 0.4) is 0 Å². The van der Waals surface area contributed by atoms with Crippen molar-refractivity contribution in [2.45, 2.75) is 13.8 Å². The molecule has 14 heteroatoms. The maximum Gasteiger partial charge on any atom is 0.323 e. The Morgan fingerprint density at radius 1 is 0.667 bits per heavy atom. The van der Waals surface area contributed by atoms with Gasteiger partial charge in [0.2, 0.25) is 5.91 Å². The first kappa shape index (κ1) is 30.6. The summed E-state index contributed by atoms with van der Waals surface area (Å²) in [6.45, 7) is 3.85. The van der Waals surface area contributed by atoms with Crippen molar-refractivity contribution in [2.24, 2.45) is 5.92 Å². The molecule has 1 rings (SSSR count). The van der Waals surface area contributed by atoms with Gasteiger partial charge in [-0.3, -0.25) is 33.8 Å². The Morgan fingerprint density at radius 3 is 1.47 bits per heavy atom. The normalized spacial score (nSPS) is 17.2. The highest BCUT2D eigenvalue weighted by atomic mass is 16.4. The van der Waals surface area contributed by atoms with Gasteiger partial charge in [-0.2, -0.15) is 0 Å². The lowest BCUT2D eigenvalue weighted by Crippen LogP contribution is -2.48. The topological polar surface area (TPSA) is 182 Å². The van der Waals surface area contributed by atoms with Crippen LogP contribution in [-0.2, 0) is 24.0 Å². The van der Waals surface area contributed by atoms with Gasteiger partial charge in [-0.15, -0.1) is 0 Å². The molecule has 0 atom stereocenters. The molecule has 1 amide bonds. The van der Waals surface area contributed by atoms with E-state index in [1.807, 2.05) is 13.8 Å². The van der Waals surface area contributed by atoms with E-state index < -0.39 is 36.3 Å². The van der Waals surface area contributed by atoms with Gasteiger partial charge in [-0.05, 0) is 5.92 Å². The number of nitrogens with zero attached hydrogens (tertiary/aromatic N) is 5. The van der Waals surface area contributed by atoms with Crippen LogP contribution >= 0.6 is 0 Å². The summed E-state index contributed by atoms with van der Waals surface area (Å²) in [5.74, 6) is -4.70. The molecule has 204 valence electrons. The van der Waals surface area contributed by atoms with E-state index >= 15 is 0 Å². The number of carboxylic acids is 4. The van der Waals surface area contributed by atoms with Gasteiger partial charge in [0.25, 0.3) is 0 Å². The molecule has 0 saturated heterocycles. The van der Waals surface area contributed by atoms with Crippen LogP contribution in [0.15, 0.2) is 12.4 Å². The van der Waals surface area contributed by atoms with Crippen molar-refractivity contribution < 1.29 is 44.4 Å². The fraction of sp³-hybridized carbons (Fsp3) is 0.682. The lowest BCUT2D eigenvalue weighted by molar-refractivity contribution is -0.145. The standard InChI is InChI=1S/C22H37N5O9/c1-17(2)11-27(16-22(35)36)18(28)12-23-3-5-24(13-19(29)30)7-9-26(15-21(33)34)10-8-25(6-4-23)14-20(31)32/h7,9,17H,3-6,8,10-16H2,1-2H3,(H,29,30)(H,31,32)(H,33,34)(H,35,36)/b9-7-. The molecular weight excluding hydrogens is 478 g/mol. The summed E-state index contributed by atoms with van der Waals surface area (Å²) in [5.41, 5.74) is 0. The van der Waals surface area contributed by atoms with Crippen molar-refractivity contribution in [2.75, 3.05) is 78.5 Å². The van der Waals surface area contributed by atoms with Crippen LogP contribution in [-0.4, -0.2) is 153 Å². The molecular formula is C22H37N5O9. The highest BCUT2D eigenvalue weighted by Gasteiger charge is 2.23. The number of amides is 1. The molecule has 0 spiro atoms. The minimum absolute atomic E-state index is 0.0515. The predicted molar refractivity (Wildman–Crippen MR) is 127 cm³/mol. The van der Waals surface area contributed by atoms with Gasteiger partial charge in [0.05, 0.1) is 13.1 Å². The number of rotatable bonds is 12. The van der Waals surface area contributed by atoms with Crippen LogP contribution in [0.5, 0.6) is 0 Å². The first-order chi connectivity index (χ1) is 16.8. The number of carbonyl (C=O) groups excluding carboxylic acids is 1. The average molecular weight is 516 g/mol. The van der Waals surface area contributed by atoms with E-state index in [9.17, 15) is 44.4 Å². The highest BCUT2D eigenvalue weighted by molar-refractivity contribution is 5.82. The van der Waals surface area contributed by atoms with Crippen molar-refractivity contribution in [3.05, 3.63) is 12.4 Å². The fourth-order valence-corrected chi connectivity index (χ4v) is 3.65. The van der Waals surface area contributed by atoms with Gasteiger partial charge in [0.15, 0.2) is 0 Å². The van der Waals surface area contributed by atoms with E-state index in [2.05, 4.69) is 0 Å². The summed E-state index contributed by atoms with van der Waals surface area (Å²) in [4.78, 5) is 65.7. The molecule has 1 heterocycles. The summed E-state index contributed by atoms with van der Waals surface area (Å²) >= 11 is 0. The van der Waals surface area contributed by atoms with Crippen molar-refractivity contribution in [3.63, 3.8) is 0 Å². The molecule has 0 aromatic heterocycles. The molecule has 0 aromatic carbocycles. The van der Waals surface area contributed by atoms with E-state index in [4.69, 9.17) is 0 Å². The average Bonchev–Trinajstić information content (AvgIpc) is 2.73. The number of aliphatic carboxylic acids is 4. The Hall–Kier alpha value is -3.39. The molecule has 1 aliphatic rings. The van der Waals surface area contributed by atoms with Crippen LogP contribution in [0.2, 0.25) is 0 Å². The van der Waals surface area contributed by atoms with E-state index in [1.165, 1.54) is 27.1 Å². The first-order valence-electron chi connectivity index (χ1n) is 11.6. The van der Waals surface area contributed by atoms with Gasteiger partial charge in [0, 0.05) is 58.2 Å². The first-order valence-corrected chi connectivity index (χ1v) is 11.6. The third kappa shape index (κ3) is 13.5. The van der Waals surface area contributed by atoms with Gasteiger partial charge in [0.1, 0.15) is 19.6 Å². The molecule has 1 aliphatic heterocycles. The quantitative estimate of drug-likeness (QED) is 0.236. The van der Waals surface area contributed by atoms with Crippen LogP contribution < -0.4 is 0 Å². The van der Waals surface area contributed by atoms with Crippen LogP contribution in [0.4, 0.5) is 0 Å². The molecule has 14 nitrogen and oxygen atoms in total. The third-order valence-corrected chi connectivity index (χ3v) is 5.29. The van der Waals surface area contributed by atoms with Crippen molar-refractivity contribution in [3.8, 4) is 0 Å². The van der Waals surface area contributed by atoms with Crippen LogP contribution in [0.1, 0.15) is 13.8 Å². The Morgan fingerprint density at radius 2 is 1.08 bits per heavy atom. The second-order valence-electron chi connectivity index (χ2n) is 9.03. The summed E-state index contributed by atoms with van der Waals surface area (Å²) < 4.78 is 0. The monoisotopic (exact) mass is 515 g/mol. The lowest BCUT2D eigenvalue weighted by Gasteiger charge is -2.32. The Balaban J connectivity index is 3.13. The van der Waals surface area contributed by atoms with E-state index in [1.54, 1.807) is 9.80 Å². The maximum atomic E-state index is 13.0. The number of carbonyl (C=O) groups is 5. The maximum absolute atomic E-state index is 13.0. The molecule has 0 saturated carbocycles. The smallest absolute Gasteiger partial charge is 0.323 e. The SMILES string of the molecule is CC(C)CN(CC(=O)O)C(=O)CN1CCN(CC(=O)O)/C=C\N(CC(=O)O)CCN(CC(=O)O)CC1. The van der Waals surface area contributed by atoms with Crippen molar-refractivity contribution in [1.82, 2.24) is 24.5 Å². The summed E-state index contributed by atoms with van der Waals surface area (Å²) in [6.07, 6.45) is 2.93. The van der Waals surface area contributed by atoms with E-state index in [0.717, 1.165) is 0 Å². The minimum atomic E-state index is -1.13. The van der Waals surface area contributed by atoms with Gasteiger partial charge >= 0.3 is 23.9 Å². The van der Waals surface area contributed by atoms with E-state index in [-0.39, 0.29) is 77.9 Å². The summed E-state index contributed by atoms with van der Waals surface area (Å²) in [5, 5.41) is 36.9. The van der Waals surface area contributed by atoms with Crippen LogP contribution in [0.25, 0.3) is 0 Å². The number of hydrogen-bond donors (Lipinski definition) is 4. The predicted octanol–water partition coefficient (Wildman–Crippen LogP) is -1.50. The molecule has 0 radical (unpaired) electrons. The second-order valence-corrected chi connectivity index (χ2v) is 9.03. The molecule has 0 aromatic rings. The second kappa shape index (κ2) is 15.6. The number of carboxylic acid groups (broad SMARTS) is 4. The minimum Gasteiger partial charge on any atom is -0.480 e. The molecule has 36 heavy (non-hydrogen) atoms. The zero-order valence-corrected chi connectivity index (χ0v) is 20.8. The van der Waals surface area contributed by atoms with Crippen molar-refractivity contribution in [1.29, 1.82) is 0 Å². The molecule has 0 bridgehead atoms. The van der Waals surface area contributed by atoms with Crippen molar-refractivity contribution >= 4 is 29.8 Å². The van der Waals surface area contributed by atoms with Gasteiger partial charge in [-0.25, -0.2) is 0 Å². The molecule has 4 N–H and O–H groups in total. The molecule has 0 unspecified atom stereocenters. The lowest BCUT2D eigenvalue weighted by atomic mass is 10.2. The largest absolute Gasteiger partial charge is 0.480 e. The Labute approximate surface area is 209 Å². The summed E-state index contributed by atoms with van der Waals surface area (Å²) in [6, 6.07) is 0. The summed E-state index contributed by atoms with van der Waals surface area (Å²) in [7, 11) is 0.